The number of esters is 1. The van der Waals surface area contributed by atoms with Gasteiger partial charge in [-0.05, 0) is 6.92 Å². The molecule has 72 valence electrons. The Balaban J connectivity index is 2.41. The van der Waals surface area contributed by atoms with E-state index in [-0.39, 0.29) is 5.97 Å². The summed E-state index contributed by atoms with van der Waals surface area (Å²) in [5.74, 6) is -0.170. The summed E-state index contributed by atoms with van der Waals surface area (Å²) in [4.78, 5) is 10.8. The highest BCUT2D eigenvalue weighted by Crippen LogP contribution is 1.87. The number of carbonyl (C=O) groups excluding carboxylic acids is 1. The molecule has 0 saturated heterocycles. The van der Waals surface area contributed by atoms with Crippen LogP contribution in [0, 0.1) is 0 Å². The first-order valence-electron chi connectivity index (χ1n) is 4.38. The summed E-state index contributed by atoms with van der Waals surface area (Å²) in [5.41, 5.74) is 0. The standard InChI is InChI=1S/C9H15N2O2/c1-3-10-6-7-11(8-10)5-4-9(12)13-2/h6-8H,3-5H2,1-2H3/q+1. The van der Waals surface area contributed by atoms with Gasteiger partial charge in [-0.2, -0.15) is 0 Å². The van der Waals surface area contributed by atoms with E-state index in [9.17, 15) is 4.79 Å². The van der Waals surface area contributed by atoms with Gasteiger partial charge < -0.3 is 4.74 Å². The van der Waals surface area contributed by atoms with E-state index in [1.165, 1.54) is 7.11 Å². The Kier molecular flexibility index (Phi) is 3.49. The van der Waals surface area contributed by atoms with Gasteiger partial charge in [-0.1, -0.05) is 0 Å². The summed E-state index contributed by atoms with van der Waals surface area (Å²) in [5, 5.41) is 0. The predicted molar refractivity (Wildman–Crippen MR) is 46.9 cm³/mol. The molecule has 1 aromatic heterocycles. The third-order valence-corrected chi connectivity index (χ3v) is 1.91. The van der Waals surface area contributed by atoms with E-state index < -0.39 is 0 Å². The maximum Gasteiger partial charge on any atom is 0.309 e. The molecule has 0 atom stereocenters. The van der Waals surface area contributed by atoms with Crippen molar-refractivity contribution in [2.24, 2.45) is 0 Å². The molecule has 0 aliphatic carbocycles. The van der Waals surface area contributed by atoms with Gasteiger partial charge in [0.25, 0.3) is 0 Å². The van der Waals surface area contributed by atoms with Gasteiger partial charge in [0.15, 0.2) is 0 Å². The van der Waals surface area contributed by atoms with Crippen LogP contribution in [0.4, 0.5) is 0 Å². The summed E-state index contributed by atoms with van der Waals surface area (Å²) < 4.78 is 8.57. The number of aromatic nitrogens is 2. The fourth-order valence-corrected chi connectivity index (χ4v) is 1.08. The van der Waals surface area contributed by atoms with Crippen LogP contribution < -0.4 is 4.57 Å². The maximum atomic E-state index is 10.8. The molecule has 0 saturated carbocycles. The SMILES string of the molecule is CCn1cc[n+](CCC(=O)OC)c1. The second-order valence-corrected chi connectivity index (χ2v) is 2.81. The zero-order chi connectivity index (χ0) is 9.68. The van der Waals surface area contributed by atoms with Crippen molar-refractivity contribution in [3.05, 3.63) is 18.7 Å². The first-order valence-corrected chi connectivity index (χ1v) is 4.38. The minimum absolute atomic E-state index is 0.170. The van der Waals surface area contributed by atoms with E-state index in [0.717, 1.165) is 6.54 Å². The molecular weight excluding hydrogens is 168 g/mol. The fraction of sp³-hybridized carbons (Fsp3) is 0.556. The number of aryl methyl sites for hydroxylation is 2. The average Bonchev–Trinajstić information content (AvgIpc) is 2.61. The van der Waals surface area contributed by atoms with Gasteiger partial charge in [0.05, 0.1) is 20.1 Å². The molecule has 1 aromatic rings. The largest absolute Gasteiger partial charge is 0.469 e. The summed E-state index contributed by atoms with van der Waals surface area (Å²) >= 11 is 0. The fourth-order valence-electron chi connectivity index (χ4n) is 1.08. The Hall–Kier alpha value is -1.32. The van der Waals surface area contributed by atoms with Crippen LogP contribution in [0.3, 0.4) is 0 Å². The molecule has 0 amide bonds. The number of carbonyl (C=O) groups is 1. The quantitative estimate of drug-likeness (QED) is 0.499. The number of rotatable bonds is 4. The van der Waals surface area contributed by atoms with Gasteiger partial charge in [-0.3, -0.25) is 4.79 Å². The van der Waals surface area contributed by atoms with Crippen LogP contribution >= 0.6 is 0 Å². The highest BCUT2D eigenvalue weighted by atomic mass is 16.5. The second-order valence-electron chi connectivity index (χ2n) is 2.81. The number of hydrogen-bond acceptors (Lipinski definition) is 2. The zero-order valence-electron chi connectivity index (χ0n) is 8.06. The lowest BCUT2D eigenvalue weighted by molar-refractivity contribution is -0.695. The van der Waals surface area contributed by atoms with Crippen molar-refractivity contribution in [3.8, 4) is 0 Å². The van der Waals surface area contributed by atoms with Crippen LogP contribution in [0.15, 0.2) is 18.7 Å². The maximum absolute atomic E-state index is 10.8. The molecule has 0 aliphatic heterocycles. The Bertz CT molecular complexity index is 281. The van der Waals surface area contributed by atoms with Gasteiger partial charge in [0.2, 0.25) is 6.33 Å². The lowest BCUT2D eigenvalue weighted by Gasteiger charge is -1.95. The van der Waals surface area contributed by atoms with Crippen LogP contribution in [-0.4, -0.2) is 17.6 Å². The van der Waals surface area contributed by atoms with Gasteiger partial charge in [0.1, 0.15) is 18.9 Å². The summed E-state index contributed by atoms with van der Waals surface area (Å²) in [6.07, 6.45) is 6.33. The number of methoxy groups -OCH3 is 1. The smallest absolute Gasteiger partial charge is 0.309 e. The number of ether oxygens (including phenoxy) is 1. The molecular formula is C9H15N2O2+. The summed E-state index contributed by atoms with van der Waals surface area (Å²) in [6.45, 7) is 3.70. The molecule has 0 aliphatic rings. The van der Waals surface area contributed by atoms with E-state index in [1.807, 2.05) is 23.3 Å². The van der Waals surface area contributed by atoms with Crippen LogP contribution in [-0.2, 0) is 22.6 Å². The van der Waals surface area contributed by atoms with Crippen molar-refractivity contribution in [1.82, 2.24) is 4.57 Å². The first-order chi connectivity index (χ1) is 6.26. The van der Waals surface area contributed by atoms with Crippen molar-refractivity contribution < 1.29 is 14.1 Å². The summed E-state index contributed by atoms with van der Waals surface area (Å²) in [6, 6.07) is 0. The molecule has 0 spiro atoms. The number of imidazole rings is 1. The Morgan fingerprint density at radius 2 is 2.38 bits per heavy atom. The van der Waals surface area contributed by atoms with Crippen LogP contribution in [0.5, 0.6) is 0 Å². The molecule has 4 heteroatoms. The van der Waals surface area contributed by atoms with Crippen molar-refractivity contribution in [2.45, 2.75) is 26.4 Å². The molecule has 0 bridgehead atoms. The molecule has 1 heterocycles. The lowest BCUT2D eigenvalue weighted by atomic mass is 10.4. The van der Waals surface area contributed by atoms with E-state index in [4.69, 9.17) is 0 Å². The van der Waals surface area contributed by atoms with E-state index in [2.05, 4.69) is 16.2 Å². The topological polar surface area (TPSA) is 35.1 Å². The van der Waals surface area contributed by atoms with Crippen LogP contribution in [0.1, 0.15) is 13.3 Å². The van der Waals surface area contributed by atoms with Gasteiger partial charge in [-0.25, -0.2) is 9.13 Å². The first kappa shape index (κ1) is 9.77. The molecule has 0 aromatic carbocycles. The van der Waals surface area contributed by atoms with Crippen molar-refractivity contribution in [1.29, 1.82) is 0 Å². The van der Waals surface area contributed by atoms with Gasteiger partial charge in [-0.15, -0.1) is 0 Å². The van der Waals surface area contributed by atoms with E-state index in [0.29, 0.717) is 13.0 Å². The third kappa shape index (κ3) is 2.89. The lowest BCUT2D eigenvalue weighted by Crippen LogP contribution is -2.32. The normalized spacial score (nSPS) is 10.0. The van der Waals surface area contributed by atoms with Gasteiger partial charge >= 0.3 is 5.97 Å². The van der Waals surface area contributed by atoms with Crippen molar-refractivity contribution in [2.75, 3.05) is 7.11 Å². The minimum Gasteiger partial charge on any atom is -0.469 e. The Labute approximate surface area is 77.7 Å². The van der Waals surface area contributed by atoms with E-state index >= 15 is 0 Å². The van der Waals surface area contributed by atoms with E-state index in [1.54, 1.807) is 0 Å². The molecule has 0 unspecified atom stereocenters. The number of hydrogen-bond donors (Lipinski definition) is 0. The molecule has 0 radical (unpaired) electrons. The molecule has 1 rings (SSSR count). The summed E-state index contributed by atoms with van der Waals surface area (Å²) in [7, 11) is 1.41. The second kappa shape index (κ2) is 4.64. The molecule has 13 heavy (non-hydrogen) atoms. The van der Waals surface area contributed by atoms with Crippen LogP contribution in [0.2, 0.25) is 0 Å². The van der Waals surface area contributed by atoms with Crippen molar-refractivity contribution >= 4 is 5.97 Å². The van der Waals surface area contributed by atoms with Gasteiger partial charge in [0, 0.05) is 0 Å². The monoisotopic (exact) mass is 183 g/mol. The van der Waals surface area contributed by atoms with Crippen LogP contribution in [0.25, 0.3) is 0 Å². The minimum atomic E-state index is -0.170. The van der Waals surface area contributed by atoms with Crippen molar-refractivity contribution in [3.63, 3.8) is 0 Å². The molecule has 4 nitrogen and oxygen atoms in total. The zero-order valence-corrected chi connectivity index (χ0v) is 8.06. The highest BCUT2D eigenvalue weighted by molar-refractivity contribution is 5.68. The number of nitrogens with zero attached hydrogens (tertiary/aromatic N) is 2. The predicted octanol–water partition coefficient (Wildman–Crippen LogP) is 0.359. The average molecular weight is 183 g/mol. The Morgan fingerprint density at radius 1 is 1.62 bits per heavy atom. The molecule has 0 fully saturated rings. The Morgan fingerprint density at radius 3 is 2.92 bits per heavy atom. The molecule has 0 N–H and O–H groups in total. The highest BCUT2D eigenvalue weighted by Gasteiger charge is 2.05. The third-order valence-electron chi connectivity index (χ3n) is 1.91.